The van der Waals surface area contributed by atoms with Gasteiger partial charge in [-0.1, -0.05) is 19.1 Å². The second kappa shape index (κ2) is 6.40. The van der Waals surface area contributed by atoms with E-state index in [1.807, 2.05) is 6.07 Å². The van der Waals surface area contributed by atoms with Gasteiger partial charge in [-0.05, 0) is 36.4 Å². The smallest absolute Gasteiger partial charge is 0.339 e. The van der Waals surface area contributed by atoms with Crippen LogP contribution in [0.25, 0.3) is 0 Å². The van der Waals surface area contributed by atoms with Gasteiger partial charge in [0, 0.05) is 0 Å². The highest BCUT2D eigenvalue weighted by molar-refractivity contribution is 7.91. The van der Waals surface area contributed by atoms with Gasteiger partial charge in [0.2, 0.25) is 0 Å². The van der Waals surface area contributed by atoms with E-state index in [2.05, 4.69) is 0 Å². The van der Waals surface area contributed by atoms with Crippen LogP contribution in [0.3, 0.4) is 0 Å². The van der Waals surface area contributed by atoms with Gasteiger partial charge in [0.15, 0.2) is 15.6 Å². The van der Waals surface area contributed by atoms with Gasteiger partial charge in [-0.15, -0.1) is 0 Å². The first kappa shape index (κ1) is 17.0. The van der Waals surface area contributed by atoms with E-state index in [4.69, 9.17) is 9.44 Å². The van der Waals surface area contributed by atoms with Gasteiger partial charge in [0.1, 0.15) is 11.0 Å². The summed E-state index contributed by atoms with van der Waals surface area (Å²) in [5, 5.41) is 8.95. The summed E-state index contributed by atoms with van der Waals surface area (Å²) >= 11 is 0. The Balaban J connectivity index is 2.36. The molecule has 0 spiro atoms. The van der Waals surface area contributed by atoms with Crippen LogP contribution in [0, 0.1) is 11.3 Å². The Morgan fingerprint density at radius 2 is 1.52 bits per heavy atom. The molecule has 0 aliphatic rings. The molecule has 2 rings (SSSR count). The maximum atomic E-state index is 12.2. The van der Waals surface area contributed by atoms with Crippen LogP contribution in [-0.2, 0) is 20.0 Å². The van der Waals surface area contributed by atoms with E-state index in [9.17, 15) is 16.8 Å². The highest BCUT2D eigenvalue weighted by atomic mass is 32.2. The Bertz CT molecular complexity index is 956. The average molecular weight is 351 g/mol. The van der Waals surface area contributed by atoms with Crippen molar-refractivity contribution in [2.75, 3.05) is 5.75 Å². The predicted molar refractivity (Wildman–Crippen MR) is 83.1 cm³/mol. The van der Waals surface area contributed by atoms with Gasteiger partial charge in [-0.2, -0.15) is 13.7 Å². The third-order valence-electron chi connectivity index (χ3n) is 3.06. The van der Waals surface area contributed by atoms with E-state index in [1.54, 1.807) is 12.1 Å². The van der Waals surface area contributed by atoms with Crippen molar-refractivity contribution in [3.05, 3.63) is 54.1 Å². The van der Waals surface area contributed by atoms with E-state index in [0.717, 1.165) is 12.1 Å². The fourth-order valence-corrected chi connectivity index (χ4v) is 3.61. The fourth-order valence-electron chi connectivity index (χ4n) is 1.78. The van der Waals surface area contributed by atoms with Crippen molar-refractivity contribution in [1.82, 2.24) is 0 Å². The Morgan fingerprint density at radius 3 is 2.09 bits per heavy atom. The lowest BCUT2D eigenvalue weighted by Crippen LogP contribution is -2.11. The molecule has 120 valence electrons. The van der Waals surface area contributed by atoms with Gasteiger partial charge >= 0.3 is 10.1 Å². The molecule has 0 heterocycles. The van der Waals surface area contributed by atoms with Crippen molar-refractivity contribution in [3.63, 3.8) is 0 Å². The topological polar surface area (TPSA) is 101 Å². The summed E-state index contributed by atoms with van der Waals surface area (Å²) in [6, 6.07) is 12.5. The summed E-state index contributed by atoms with van der Waals surface area (Å²) in [6.45, 7) is 1.50. The average Bonchev–Trinajstić information content (AvgIpc) is 2.55. The van der Waals surface area contributed by atoms with E-state index < -0.39 is 20.0 Å². The number of hydrogen-bond acceptors (Lipinski definition) is 6. The first-order valence-corrected chi connectivity index (χ1v) is 9.62. The number of benzene rings is 2. The molecule has 0 fully saturated rings. The standard InChI is InChI=1S/C15H13NO5S2/c1-2-22(17,18)13-7-9-14(10-8-13)23(19,20)21-15-6-4-3-5-12(15)11-16/h3-10H,2H2,1H3. The molecular formula is C15H13NO5S2. The molecule has 0 N–H and O–H groups in total. The number of rotatable bonds is 5. The number of para-hydroxylation sites is 1. The maximum Gasteiger partial charge on any atom is 0.339 e. The number of sulfone groups is 1. The molecule has 0 saturated carbocycles. The zero-order chi connectivity index (χ0) is 17.1. The third kappa shape index (κ3) is 3.70. The van der Waals surface area contributed by atoms with Crippen LogP contribution >= 0.6 is 0 Å². The van der Waals surface area contributed by atoms with E-state index >= 15 is 0 Å². The zero-order valence-corrected chi connectivity index (χ0v) is 13.8. The highest BCUT2D eigenvalue weighted by Gasteiger charge is 2.20. The van der Waals surface area contributed by atoms with Gasteiger partial charge in [0.05, 0.1) is 16.2 Å². The molecule has 8 heteroatoms. The molecular weight excluding hydrogens is 338 g/mol. The molecule has 0 atom stereocenters. The minimum absolute atomic E-state index is 0.0383. The van der Waals surface area contributed by atoms with Crippen molar-refractivity contribution in [3.8, 4) is 11.8 Å². The first-order chi connectivity index (χ1) is 10.8. The molecule has 0 aliphatic carbocycles. The second-order valence-corrected chi connectivity index (χ2v) is 8.34. The Hall–Kier alpha value is -2.37. The summed E-state index contributed by atoms with van der Waals surface area (Å²) in [6.07, 6.45) is 0. The third-order valence-corrected chi connectivity index (χ3v) is 6.06. The molecule has 6 nitrogen and oxygen atoms in total. The maximum absolute atomic E-state index is 12.2. The first-order valence-electron chi connectivity index (χ1n) is 6.56. The number of nitrogens with zero attached hydrogens (tertiary/aromatic N) is 1. The molecule has 23 heavy (non-hydrogen) atoms. The van der Waals surface area contributed by atoms with E-state index in [0.29, 0.717) is 0 Å². The van der Waals surface area contributed by atoms with Gasteiger partial charge in [-0.3, -0.25) is 0 Å². The fraction of sp³-hybridized carbons (Fsp3) is 0.133. The Morgan fingerprint density at radius 1 is 0.957 bits per heavy atom. The Labute approximate surface area is 135 Å². The number of nitriles is 1. The van der Waals surface area contributed by atoms with Crippen LogP contribution in [-0.4, -0.2) is 22.6 Å². The van der Waals surface area contributed by atoms with Crippen LogP contribution < -0.4 is 4.18 Å². The lowest BCUT2D eigenvalue weighted by molar-refractivity contribution is 0.485. The van der Waals surface area contributed by atoms with Crippen molar-refractivity contribution in [2.24, 2.45) is 0 Å². The van der Waals surface area contributed by atoms with Gasteiger partial charge < -0.3 is 4.18 Å². The Kier molecular flexibility index (Phi) is 4.73. The lowest BCUT2D eigenvalue weighted by Gasteiger charge is -2.09. The van der Waals surface area contributed by atoms with Crippen LogP contribution in [0.5, 0.6) is 5.75 Å². The van der Waals surface area contributed by atoms with Gasteiger partial charge in [-0.25, -0.2) is 8.42 Å². The second-order valence-electron chi connectivity index (χ2n) is 4.52. The quantitative estimate of drug-likeness (QED) is 0.765. The molecule has 0 bridgehead atoms. The lowest BCUT2D eigenvalue weighted by atomic mass is 10.2. The molecule has 0 aromatic heterocycles. The normalized spacial score (nSPS) is 11.7. The van der Waals surface area contributed by atoms with Crippen molar-refractivity contribution >= 4 is 20.0 Å². The van der Waals surface area contributed by atoms with Crippen LogP contribution in [0.2, 0.25) is 0 Å². The predicted octanol–water partition coefficient (Wildman–Crippen LogP) is 2.12. The minimum atomic E-state index is -4.16. The SMILES string of the molecule is CCS(=O)(=O)c1ccc(S(=O)(=O)Oc2ccccc2C#N)cc1. The molecule has 0 radical (unpaired) electrons. The zero-order valence-electron chi connectivity index (χ0n) is 12.1. The van der Waals surface area contributed by atoms with Crippen molar-refractivity contribution < 1.29 is 21.0 Å². The monoisotopic (exact) mass is 351 g/mol. The summed E-state index contributed by atoms with van der Waals surface area (Å²) in [7, 11) is -7.57. The van der Waals surface area contributed by atoms with Crippen LogP contribution in [0.1, 0.15) is 12.5 Å². The van der Waals surface area contributed by atoms with Gasteiger partial charge in [0.25, 0.3) is 0 Å². The highest BCUT2D eigenvalue weighted by Crippen LogP contribution is 2.23. The van der Waals surface area contributed by atoms with E-state index in [-0.39, 0.29) is 26.9 Å². The summed E-state index contributed by atoms with van der Waals surface area (Å²) in [5.41, 5.74) is 0.0845. The number of hydrogen-bond donors (Lipinski definition) is 0. The molecule has 0 unspecified atom stereocenters. The largest absolute Gasteiger partial charge is 0.378 e. The summed E-state index contributed by atoms with van der Waals surface area (Å²) < 4.78 is 52.8. The summed E-state index contributed by atoms with van der Waals surface area (Å²) in [4.78, 5) is -0.156. The minimum Gasteiger partial charge on any atom is -0.378 e. The van der Waals surface area contributed by atoms with Crippen LogP contribution in [0.4, 0.5) is 0 Å². The molecule has 2 aromatic carbocycles. The van der Waals surface area contributed by atoms with E-state index in [1.165, 1.54) is 31.2 Å². The molecule has 0 aliphatic heterocycles. The molecule has 0 amide bonds. The van der Waals surface area contributed by atoms with Crippen molar-refractivity contribution in [1.29, 1.82) is 5.26 Å². The summed E-state index contributed by atoms with van der Waals surface area (Å²) in [5.74, 6) is -0.161. The van der Waals surface area contributed by atoms with Crippen LogP contribution in [0.15, 0.2) is 58.3 Å². The molecule has 2 aromatic rings. The van der Waals surface area contributed by atoms with Crippen molar-refractivity contribution in [2.45, 2.75) is 16.7 Å². The molecule has 0 saturated heterocycles.